The lowest BCUT2D eigenvalue weighted by Crippen LogP contribution is -2.26. The van der Waals surface area contributed by atoms with Crippen LogP contribution in [0.3, 0.4) is 0 Å². The van der Waals surface area contributed by atoms with Crippen molar-refractivity contribution in [2.24, 2.45) is 0 Å². The molecule has 136 valence electrons. The zero-order chi connectivity index (χ0) is 18.9. The van der Waals surface area contributed by atoms with E-state index in [0.29, 0.717) is 5.56 Å². The molecule has 0 aliphatic carbocycles. The SMILES string of the molecule is C[C@H](NS(=O)(=O)c1ccc2ccccc2c1)c1ccc(S(C)(=O)=O)cc1. The van der Waals surface area contributed by atoms with E-state index >= 15 is 0 Å². The summed E-state index contributed by atoms with van der Waals surface area (Å²) in [5, 5.41) is 1.82. The first kappa shape index (κ1) is 18.6. The summed E-state index contributed by atoms with van der Waals surface area (Å²) in [6.07, 6.45) is 1.13. The fraction of sp³-hybridized carbons (Fsp3) is 0.158. The van der Waals surface area contributed by atoms with Crippen LogP contribution in [0.5, 0.6) is 0 Å². The molecule has 0 radical (unpaired) electrons. The molecule has 26 heavy (non-hydrogen) atoms. The summed E-state index contributed by atoms with van der Waals surface area (Å²) in [4.78, 5) is 0.390. The largest absolute Gasteiger partial charge is 0.241 e. The van der Waals surface area contributed by atoms with Crippen molar-refractivity contribution in [1.29, 1.82) is 0 Å². The highest BCUT2D eigenvalue weighted by molar-refractivity contribution is 7.90. The molecule has 3 rings (SSSR count). The van der Waals surface area contributed by atoms with Crippen molar-refractivity contribution in [1.82, 2.24) is 4.72 Å². The summed E-state index contributed by atoms with van der Waals surface area (Å²) in [6.45, 7) is 1.72. The van der Waals surface area contributed by atoms with Gasteiger partial charge in [0.05, 0.1) is 9.79 Å². The predicted molar refractivity (Wildman–Crippen MR) is 102 cm³/mol. The molecule has 0 saturated heterocycles. The van der Waals surface area contributed by atoms with E-state index < -0.39 is 25.9 Å². The molecule has 7 heteroatoms. The Labute approximate surface area is 153 Å². The second-order valence-electron chi connectivity index (χ2n) is 6.19. The van der Waals surface area contributed by atoms with E-state index in [1.807, 2.05) is 24.3 Å². The van der Waals surface area contributed by atoms with Gasteiger partial charge in [-0.25, -0.2) is 21.6 Å². The molecule has 0 bridgehead atoms. The summed E-state index contributed by atoms with van der Waals surface area (Å²) in [7, 11) is -6.99. The number of sulfonamides is 1. The van der Waals surface area contributed by atoms with Crippen molar-refractivity contribution in [2.45, 2.75) is 22.8 Å². The molecule has 0 spiro atoms. The fourth-order valence-electron chi connectivity index (χ4n) is 2.71. The maximum Gasteiger partial charge on any atom is 0.241 e. The zero-order valence-corrected chi connectivity index (χ0v) is 16.0. The van der Waals surface area contributed by atoms with Gasteiger partial charge in [0.2, 0.25) is 10.0 Å². The Balaban J connectivity index is 1.85. The monoisotopic (exact) mass is 389 g/mol. The zero-order valence-electron chi connectivity index (χ0n) is 14.4. The molecular weight excluding hydrogens is 370 g/mol. The smallest absolute Gasteiger partial charge is 0.224 e. The van der Waals surface area contributed by atoms with E-state index in [9.17, 15) is 16.8 Å². The van der Waals surface area contributed by atoms with Crippen LogP contribution >= 0.6 is 0 Å². The Hall–Kier alpha value is -2.22. The van der Waals surface area contributed by atoms with Crippen LogP contribution in [-0.2, 0) is 19.9 Å². The molecule has 0 aromatic heterocycles. The molecule has 1 atom stereocenters. The van der Waals surface area contributed by atoms with E-state index in [2.05, 4.69) is 4.72 Å². The third-order valence-corrected chi connectivity index (χ3v) is 6.84. The van der Waals surface area contributed by atoms with E-state index in [1.54, 1.807) is 37.3 Å². The van der Waals surface area contributed by atoms with Crippen molar-refractivity contribution in [2.75, 3.05) is 6.26 Å². The van der Waals surface area contributed by atoms with Crippen LogP contribution in [0.4, 0.5) is 0 Å². The van der Waals surface area contributed by atoms with Crippen molar-refractivity contribution in [3.8, 4) is 0 Å². The molecule has 5 nitrogen and oxygen atoms in total. The van der Waals surface area contributed by atoms with Gasteiger partial charge in [-0.2, -0.15) is 0 Å². The van der Waals surface area contributed by atoms with Gasteiger partial charge >= 0.3 is 0 Å². The molecular formula is C19H19NO4S2. The molecule has 3 aromatic rings. The second-order valence-corrected chi connectivity index (χ2v) is 9.92. The highest BCUT2D eigenvalue weighted by Gasteiger charge is 2.19. The van der Waals surface area contributed by atoms with Gasteiger partial charge in [0, 0.05) is 12.3 Å². The van der Waals surface area contributed by atoms with Gasteiger partial charge < -0.3 is 0 Å². The summed E-state index contributed by atoms with van der Waals surface area (Å²) >= 11 is 0. The first-order chi connectivity index (χ1) is 12.2. The summed E-state index contributed by atoms with van der Waals surface area (Å²) in [6, 6.07) is 18.2. The minimum absolute atomic E-state index is 0.191. The highest BCUT2D eigenvalue weighted by Crippen LogP contribution is 2.22. The number of rotatable bonds is 5. The third kappa shape index (κ3) is 3.95. The first-order valence-electron chi connectivity index (χ1n) is 7.98. The van der Waals surface area contributed by atoms with Gasteiger partial charge in [0.15, 0.2) is 9.84 Å². The maximum absolute atomic E-state index is 12.7. The molecule has 0 aliphatic rings. The van der Waals surface area contributed by atoms with Crippen LogP contribution in [0.2, 0.25) is 0 Å². The maximum atomic E-state index is 12.7. The van der Waals surface area contributed by atoms with Crippen molar-refractivity contribution < 1.29 is 16.8 Å². The lowest BCUT2D eigenvalue weighted by Gasteiger charge is -2.15. The highest BCUT2D eigenvalue weighted by atomic mass is 32.2. The standard InChI is InChI=1S/C19H19NO4S2/c1-14(15-7-10-18(11-8-15)25(2,21)22)20-26(23,24)19-12-9-16-5-3-4-6-17(16)13-19/h3-14,20H,1-2H3/t14-/m0/s1. The molecule has 1 N–H and O–H groups in total. The average Bonchev–Trinajstić information content (AvgIpc) is 2.60. The lowest BCUT2D eigenvalue weighted by molar-refractivity contribution is 0.566. The normalized spacial score (nSPS) is 13.6. The lowest BCUT2D eigenvalue weighted by atomic mass is 10.1. The second kappa shape index (κ2) is 6.83. The Morgan fingerprint density at radius 3 is 1.96 bits per heavy atom. The Kier molecular flexibility index (Phi) is 4.88. The van der Waals surface area contributed by atoms with E-state index in [1.165, 1.54) is 12.1 Å². The van der Waals surface area contributed by atoms with Crippen LogP contribution in [0.1, 0.15) is 18.5 Å². The summed E-state index contributed by atoms with van der Waals surface area (Å²) in [5.74, 6) is 0. The first-order valence-corrected chi connectivity index (χ1v) is 11.4. The van der Waals surface area contributed by atoms with Gasteiger partial charge in [0.1, 0.15) is 0 Å². The van der Waals surface area contributed by atoms with Crippen LogP contribution in [0, 0.1) is 0 Å². The van der Waals surface area contributed by atoms with Gasteiger partial charge in [-0.1, -0.05) is 42.5 Å². The van der Waals surface area contributed by atoms with E-state index in [0.717, 1.165) is 17.0 Å². The third-order valence-electron chi connectivity index (χ3n) is 4.17. The Morgan fingerprint density at radius 1 is 0.769 bits per heavy atom. The molecule has 0 saturated carbocycles. The molecule has 0 aliphatic heterocycles. The average molecular weight is 389 g/mol. The topological polar surface area (TPSA) is 80.3 Å². The molecule has 0 unspecified atom stereocenters. The van der Waals surface area contributed by atoms with Crippen LogP contribution in [0.15, 0.2) is 76.5 Å². The van der Waals surface area contributed by atoms with Crippen molar-refractivity contribution in [3.05, 3.63) is 72.3 Å². The van der Waals surface area contributed by atoms with Gasteiger partial charge in [0.25, 0.3) is 0 Å². The summed E-state index contributed by atoms with van der Waals surface area (Å²) < 4.78 is 51.0. The van der Waals surface area contributed by atoms with Crippen molar-refractivity contribution >= 4 is 30.6 Å². The molecule has 3 aromatic carbocycles. The molecule has 0 fully saturated rings. The van der Waals surface area contributed by atoms with Crippen LogP contribution in [0.25, 0.3) is 10.8 Å². The minimum Gasteiger partial charge on any atom is -0.224 e. The van der Waals surface area contributed by atoms with Gasteiger partial charge in [-0.3, -0.25) is 0 Å². The Bertz CT molecular complexity index is 1150. The number of sulfone groups is 1. The van der Waals surface area contributed by atoms with Crippen molar-refractivity contribution in [3.63, 3.8) is 0 Å². The fourth-order valence-corrected chi connectivity index (χ4v) is 4.60. The van der Waals surface area contributed by atoms with E-state index in [4.69, 9.17) is 0 Å². The van der Waals surface area contributed by atoms with Gasteiger partial charge in [-0.15, -0.1) is 0 Å². The summed E-state index contributed by atoms with van der Waals surface area (Å²) in [5.41, 5.74) is 0.682. The number of hydrogen-bond donors (Lipinski definition) is 1. The van der Waals surface area contributed by atoms with E-state index in [-0.39, 0.29) is 9.79 Å². The minimum atomic E-state index is -3.71. The molecule has 0 heterocycles. The van der Waals surface area contributed by atoms with Crippen LogP contribution < -0.4 is 4.72 Å². The number of hydrogen-bond acceptors (Lipinski definition) is 4. The number of benzene rings is 3. The molecule has 0 amide bonds. The number of nitrogens with one attached hydrogen (secondary N) is 1. The van der Waals surface area contributed by atoms with Crippen LogP contribution in [-0.4, -0.2) is 23.1 Å². The Morgan fingerprint density at radius 2 is 1.35 bits per heavy atom. The number of fused-ring (bicyclic) bond motifs is 1. The quantitative estimate of drug-likeness (QED) is 0.726. The van der Waals surface area contributed by atoms with Gasteiger partial charge in [-0.05, 0) is 47.5 Å². The predicted octanol–water partition coefficient (Wildman–Crippen LogP) is 3.28.